The number of aliphatic hydroxyl groups is 1. The largest absolute Gasteiger partial charge is 0.392 e. The van der Waals surface area contributed by atoms with Crippen LogP contribution in [0.1, 0.15) is 52.0 Å². The fraction of sp³-hybridized carbons (Fsp3) is 0.667. The minimum atomic E-state index is -0.381. The van der Waals surface area contributed by atoms with E-state index in [2.05, 4.69) is 20.8 Å². The summed E-state index contributed by atoms with van der Waals surface area (Å²) in [5.41, 5.74) is 1.19. The summed E-state index contributed by atoms with van der Waals surface area (Å²) in [4.78, 5) is 0. The molecular formula is C18H26ClFO. The van der Waals surface area contributed by atoms with E-state index in [-0.39, 0.29) is 11.9 Å². The predicted molar refractivity (Wildman–Crippen MR) is 86.0 cm³/mol. The Hall–Kier alpha value is -0.600. The molecule has 1 N–H and O–H groups in total. The fourth-order valence-corrected chi connectivity index (χ4v) is 3.69. The predicted octanol–water partition coefficient (Wildman–Crippen LogP) is 5.24. The van der Waals surface area contributed by atoms with Gasteiger partial charge in [-0.3, -0.25) is 0 Å². The zero-order chi connectivity index (χ0) is 15.6. The second-order valence-corrected chi connectivity index (χ2v) is 7.89. The maximum Gasteiger partial charge on any atom is 0.124 e. The van der Waals surface area contributed by atoms with Crippen LogP contribution in [0.2, 0.25) is 5.02 Å². The zero-order valence-electron chi connectivity index (χ0n) is 13.2. The van der Waals surface area contributed by atoms with Crippen LogP contribution in [0, 0.1) is 23.1 Å². The van der Waals surface area contributed by atoms with Crippen LogP contribution in [0.4, 0.5) is 4.39 Å². The van der Waals surface area contributed by atoms with Crippen molar-refractivity contribution in [3.8, 4) is 0 Å². The minimum absolute atomic E-state index is 0.330. The van der Waals surface area contributed by atoms with E-state index in [1.54, 1.807) is 6.07 Å². The molecule has 1 unspecified atom stereocenters. The molecule has 0 spiro atoms. The molecule has 1 nitrogen and oxygen atoms in total. The third kappa shape index (κ3) is 4.43. The smallest absolute Gasteiger partial charge is 0.124 e. The Kier molecular flexibility index (Phi) is 5.32. The Bertz CT molecular complexity index is 473. The van der Waals surface area contributed by atoms with Crippen molar-refractivity contribution in [3.63, 3.8) is 0 Å². The van der Waals surface area contributed by atoms with Gasteiger partial charge in [0.25, 0.3) is 0 Å². The number of rotatable bonds is 3. The van der Waals surface area contributed by atoms with Crippen LogP contribution < -0.4 is 0 Å². The van der Waals surface area contributed by atoms with E-state index >= 15 is 0 Å². The highest BCUT2D eigenvalue weighted by Gasteiger charge is 2.32. The molecular weight excluding hydrogens is 287 g/mol. The molecule has 1 fully saturated rings. The van der Waals surface area contributed by atoms with Gasteiger partial charge in [0.1, 0.15) is 5.82 Å². The molecule has 1 aromatic rings. The maximum absolute atomic E-state index is 13.0. The van der Waals surface area contributed by atoms with Gasteiger partial charge in [0.2, 0.25) is 0 Å². The summed E-state index contributed by atoms with van der Waals surface area (Å²) in [6.45, 7) is 6.89. The molecule has 1 aromatic carbocycles. The van der Waals surface area contributed by atoms with E-state index in [0.717, 1.165) is 24.3 Å². The first-order chi connectivity index (χ1) is 9.77. The molecule has 0 heterocycles. The van der Waals surface area contributed by atoms with Gasteiger partial charge >= 0.3 is 0 Å². The monoisotopic (exact) mass is 312 g/mol. The molecule has 21 heavy (non-hydrogen) atoms. The highest BCUT2D eigenvalue weighted by atomic mass is 35.5. The molecule has 0 bridgehead atoms. The van der Waals surface area contributed by atoms with E-state index < -0.39 is 0 Å². The summed E-state index contributed by atoms with van der Waals surface area (Å²) < 4.78 is 13.0. The van der Waals surface area contributed by atoms with Crippen molar-refractivity contribution < 1.29 is 9.50 Å². The van der Waals surface area contributed by atoms with E-state index in [9.17, 15) is 9.50 Å². The maximum atomic E-state index is 13.0. The highest BCUT2D eigenvalue weighted by Crippen LogP contribution is 2.41. The van der Waals surface area contributed by atoms with Crippen LogP contribution in [0.3, 0.4) is 0 Å². The molecule has 1 atom stereocenters. The molecule has 0 aromatic heterocycles. The third-order valence-corrected chi connectivity index (χ3v) is 5.34. The molecule has 0 amide bonds. The van der Waals surface area contributed by atoms with Crippen LogP contribution in [0.5, 0.6) is 0 Å². The van der Waals surface area contributed by atoms with Gasteiger partial charge in [0, 0.05) is 11.4 Å². The molecule has 118 valence electrons. The summed E-state index contributed by atoms with van der Waals surface area (Å²) in [6.07, 6.45) is 4.65. The van der Waals surface area contributed by atoms with Crippen molar-refractivity contribution in [3.05, 3.63) is 34.6 Å². The molecule has 2 rings (SSSR count). The zero-order valence-corrected chi connectivity index (χ0v) is 14.0. The lowest BCUT2D eigenvalue weighted by atomic mass is 9.68. The number of hydrogen-bond acceptors (Lipinski definition) is 1. The molecule has 0 radical (unpaired) electrons. The van der Waals surface area contributed by atoms with E-state index in [1.807, 2.05) is 0 Å². The van der Waals surface area contributed by atoms with Gasteiger partial charge in [-0.1, -0.05) is 38.4 Å². The van der Waals surface area contributed by atoms with Crippen LogP contribution >= 0.6 is 11.6 Å². The van der Waals surface area contributed by atoms with E-state index in [0.29, 0.717) is 22.8 Å². The standard InChI is InChI=1S/C18H26ClFO/c1-18(2,3)14-7-4-12(5-8-14)17(21)10-13-6-9-15(20)11-16(13)19/h6,9,11-12,14,17,21H,4-5,7-8,10H2,1-3H3. The van der Waals surface area contributed by atoms with Gasteiger partial charge in [0.15, 0.2) is 0 Å². The Morgan fingerprint density at radius 2 is 1.86 bits per heavy atom. The second kappa shape index (κ2) is 6.66. The SMILES string of the molecule is CC(C)(C)C1CCC(C(O)Cc2ccc(F)cc2Cl)CC1. The van der Waals surface area contributed by atoms with Gasteiger partial charge in [0.05, 0.1) is 6.10 Å². The average molecular weight is 313 g/mol. The number of benzene rings is 1. The van der Waals surface area contributed by atoms with Gasteiger partial charge in [-0.25, -0.2) is 4.39 Å². The Labute approximate surface area is 132 Å². The Balaban J connectivity index is 1.92. The van der Waals surface area contributed by atoms with Crippen molar-refractivity contribution in [2.75, 3.05) is 0 Å². The normalized spacial score (nSPS) is 24.9. The van der Waals surface area contributed by atoms with Crippen molar-refractivity contribution in [2.24, 2.45) is 17.3 Å². The summed E-state index contributed by atoms with van der Waals surface area (Å²) in [6, 6.07) is 4.41. The van der Waals surface area contributed by atoms with Crippen LogP contribution in [0.15, 0.2) is 18.2 Å². The first kappa shape index (κ1) is 16.8. The second-order valence-electron chi connectivity index (χ2n) is 7.48. The minimum Gasteiger partial charge on any atom is -0.392 e. The lowest BCUT2D eigenvalue weighted by Gasteiger charge is -2.38. The van der Waals surface area contributed by atoms with Gasteiger partial charge in [-0.15, -0.1) is 0 Å². The number of aliphatic hydroxyl groups excluding tert-OH is 1. The summed E-state index contributed by atoms with van der Waals surface area (Å²) in [5, 5.41) is 10.9. The van der Waals surface area contributed by atoms with Gasteiger partial charge < -0.3 is 5.11 Å². The molecule has 1 saturated carbocycles. The van der Waals surface area contributed by atoms with Gasteiger partial charge in [-0.2, -0.15) is 0 Å². The highest BCUT2D eigenvalue weighted by molar-refractivity contribution is 6.31. The summed E-state index contributed by atoms with van der Waals surface area (Å²) in [5.74, 6) is 0.754. The van der Waals surface area contributed by atoms with Crippen molar-refractivity contribution >= 4 is 11.6 Å². The molecule has 1 aliphatic carbocycles. The molecule has 1 aliphatic rings. The summed E-state index contributed by atoms with van der Waals surface area (Å²) >= 11 is 6.04. The average Bonchev–Trinajstić information content (AvgIpc) is 2.41. The van der Waals surface area contributed by atoms with Crippen LogP contribution in [0.25, 0.3) is 0 Å². The van der Waals surface area contributed by atoms with E-state index in [1.165, 1.54) is 25.0 Å². The van der Waals surface area contributed by atoms with Crippen molar-refractivity contribution in [1.82, 2.24) is 0 Å². The van der Waals surface area contributed by atoms with Crippen molar-refractivity contribution in [1.29, 1.82) is 0 Å². The summed E-state index contributed by atoms with van der Waals surface area (Å²) in [7, 11) is 0. The first-order valence-electron chi connectivity index (χ1n) is 7.89. The number of hydrogen-bond donors (Lipinski definition) is 1. The number of halogens is 2. The molecule has 3 heteroatoms. The third-order valence-electron chi connectivity index (χ3n) is 4.98. The lowest BCUT2D eigenvalue weighted by molar-refractivity contribution is 0.0537. The van der Waals surface area contributed by atoms with Gasteiger partial charge in [-0.05, 0) is 60.6 Å². The Morgan fingerprint density at radius 3 is 2.38 bits per heavy atom. The first-order valence-corrected chi connectivity index (χ1v) is 8.27. The van der Waals surface area contributed by atoms with Crippen LogP contribution in [-0.2, 0) is 6.42 Å². The van der Waals surface area contributed by atoms with Crippen molar-refractivity contribution in [2.45, 2.75) is 59.0 Å². The van der Waals surface area contributed by atoms with E-state index in [4.69, 9.17) is 11.6 Å². The molecule has 0 saturated heterocycles. The topological polar surface area (TPSA) is 20.2 Å². The molecule has 0 aliphatic heterocycles. The Morgan fingerprint density at radius 1 is 1.24 bits per heavy atom. The lowest BCUT2D eigenvalue weighted by Crippen LogP contribution is -2.31. The van der Waals surface area contributed by atoms with Crippen LogP contribution in [-0.4, -0.2) is 11.2 Å². The quantitative estimate of drug-likeness (QED) is 0.809. The fourth-order valence-electron chi connectivity index (χ4n) is 3.45.